The van der Waals surface area contributed by atoms with Gasteiger partial charge >= 0.3 is 0 Å². The van der Waals surface area contributed by atoms with Gasteiger partial charge in [-0.3, -0.25) is 4.99 Å². The highest BCUT2D eigenvalue weighted by molar-refractivity contribution is 5.80. The van der Waals surface area contributed by atoms with Crippen LogP contribution in [0.4, 0.5) is 0 Å². The van der Waals surface area contributed by atoms with Crippen LogP contribution in [-0.2, 0) is 6.42 Å². The molecule has 0 bridgehead atoms. The van der Waals surface area contributed by atoms with Crippen LogP contribution in [0.1, 0.15) is 23.5 Å². The maximum absolute atomic E-state index is 4.50. The van der Waals surface area contributed by atoms with Crippen LogP contribution in [0.5, 0.6) is 0 Å². The fourth-order valence-electron chi connectivity index (χ4n) is 3.84. The Kier molecular flexibility index (Phi) is 5.71. The van der Waals surface area contributed by atoms with Crippen molar-refractivity contribution in [1.82, 2.24) is 20.0 Å². The average molecular weight is 374 g/mol. The lowest BCUT2D eigenvalue weighted by atomic mass is 9.99. The number of nitrogens with one attached hydrogen (secondary N) is 1. The first-order valence-corrected chi connectivity index (χ1v) is 9.93. The van der Waals surface area contributed by atoms with E-state index in [0.29, 0.717) is 5.92 Å². The minimum absolute atomic E-state index is 0.592. The third-order valence-electron chi connectivity index (χ3n) is 5.37. The summed E-state index contributed by atoms with van der Waals surface area (Å²) in [7, 11) is 1.87. The van der Waals surface area contributed by atoms with Gasteiger partial charge in [-0.1, -0.05) is 42.5 Å². The second kappa shape index (κ2) is 8.74. The van der Waals surface area contributed by atoms with E-state index in [2.05, 4.69) is 74.9 Å². The van der Waals surface area contributed by atoms with E-state index in [1.54, 1.807) is 6.20 Å². The molecule has 1 aliphatic heterocycles. The van der Waals surface area contributed by atoms with Gasteiger partial charge in [0.2, 0.25) is 0 Å². The number of rotatable bonds is 5. The summed E-state index contributed by atoms with van der Waals surface area (Å²) >= 11 is 0. The zero-order valence-electron chi connectivity index (χ0n) is 16.3. The smallest absolute Gasteiger partial charge is 0.193 e. The normalized spacial score (nSPS) is 17.1. The molecule has 1 fully saturated rings. The number of guanidine groups is 1. The lowest BCUT2D eigenvalue weighted by Gasteiger charge is -2.22. The molecule has 1 atom stereocenters. The Balaban J connectivity index is 1.28. The molecule has 0 saturated carbocycles. The number of nitrogens with zero attached hydrogens (tertiary/aromatic N) is 4. The van der Waals surface area contributed by atoms with Gasteiger partial charge < -0.3 is 10.2 Å². The van der Waals surface area contributed by atoms with E-state index < -0.39 is 0 Å². The summed E-state index contributed by atoms with van der Waals surface area (Å²) in [6.07, 6.45) is 5.90. The van der Waals surface area contributed by atoms with Crippen LogP contribution in [0, 0.1) is 0 Å². The minimum atomic E-state index is 0.592. The molecule has 5 nitrogen and oxygen atoms in total. The number of hydrogen-bond donors (Lipinski definition) is 1. The Labute approximate surface area is 166 Å². The molecule has 0 amide bonds. The van der Waals surface area contributed by atoms with Crippen molar-refractivity contribution < 1.29 is 0 Å². The number of hydrogen-bond acceptors (Lipinski definition) is 2. The van der Waals surface area contributed by atoms with Crippen molar-refractivity contribution in [2.75, 3.05) is 26.7 Å². The standard InChI is InChI=1S/C23H27N5/c1-24-23(27-17-13-21(18-27)20-6-3-2-4-7-20)25-15-12-19-8-10-22(11-9-19)28-16-5-14-26-28/h2-11,14,16,21H,12-13,15,17-18H2,1H3,(H,24,25). The predicted octanol–water partition coefficient (Wildman–Crippen LogP) is 3.48. The molecular weight excluding hydrogens is 346 g/mol. The largest absolute Gasteiger partial charge is 0.356 e. The summed E-state index contributed by atoms with van der Waals surface area (Å²) in [5.41, 5.74) is 3.82. The molecule has 28 heavy (non-hydrogen) atoms. The van der Waals surface area contributed by atoms with Gasteiger partial charge in [0.05, 0.1) is 5.69 Å². The molecule has 5 heteroatoms. The summed E-state index contributed by atoms with van der Waals surface area (Å²) in [5, 5.41) is 7.80. The lowest BCUT2D eigenvalue weighted by molar-refractivity contribution is 0.486. The van der Waals surface area contributed by atoms with Crippen molar-refractivity contribution in [2.45, 2.75) is 18.8 Å². The van der Waals surface area contributed by atoms with Crippen LogP contribution in [-0.4, -0.2) is 47.3 Å². The van der Waals surface area contributed by atoms with Gasteiger partial charge in [-0.15, -0.1) is 0 Å². The van der Waals surface area contributed by atoms with E-state index in [4.69, 9.17) is 0 Å². The quantitative estimate of drug-likeness (QED) is 0.550. The van der Waals surface area contributed by atoms with Gasteiger partial charge in [-0.25, -0.2) is 4.68 Å². The second-order valence-corrected chi connectivity index (χ2v) is 7.18. The molecule has 4 rings (SSSR count). The van der Waals surface area contributed by atoms with Gasteiger partial charge in [0.15, 0.2) is 5.96 Å². The zero-order valence-corrected chi connectivity index (χ0v) is 16.3. The molecule has 0 spiro atoms. The Morgan fingerprint density at radius 3 is 2.64 bits per heavy atom. The molecule has 3 aromatic rings. The highest BCUT2D eigenvalue weighted by Gasteiger charge is 2.25. The Morgan fingerprint density at radius 1 is 1.11 bits per heavy atom. The van der Waals surface area contributed by atoms with Crippen LogP contribution in [0.3, 0.4) is 0 Å². The predicted molar refractivity (Wildman–Crippen MR) is 114 cm³/mol. The number of aliphatic imine (C=N–C) groups is 1. The topological polar surface area (TPSA) is 45.5 Å². The maximum atomic E-state index is 4.50. The molecule has 1 aliphatic rings. The molecule has 2 aromatic carbocycles. The fourth-order valence-corrected chi connectivity index (χ4v) is 3.84. The van der Waals surface area contributed by atoms with Gasteiger partial charge in [0.25, 0.3) is 0 Å². The van der Waals surface area contributed by atoms with Gasteiger partial charge in [0, 0.05) is 45.0 Å². The summed E-state index contributed by atoms with van der Waals surface area (Å²) in [6.45, 7) is 2.96. The fraction of sp³-hybridized carbons (Fsp3) is 0.304. The molecule has 1 saturated heterocycles. The first-order valence-electron chi connectivity index (χ1n) is 9.93. The number of benzene rings is 2. The lowest BCUT2D eigenvalue weighted by Crippen LogP contribution is -2.40. The van der Waals surface area contributed by atoms with Crippen LogP contribution in [0.15, 0.2) is 78.0 Å². The van der Waals surface area contributed by atoms with E-state index in [-0.39, 0.29) is 0 Å². The van der Waals surface area contributed by atoms with Crippen molar-refractivity contribution in [3.8, 4) is 5.69 Å². The minimum Gasteiger partial charge on any atom is -0.356 e. The Morgan fingerprint density at radius 2 is 1.93 bits per heavy atom. The second-order valence-electron chi connectivity index (χ2n) is 7.18. The van der Waals surface area contributed by atoms with Crippen molar-refractivity contribution in [1.29, 1.82) is 0 Å². The maximum Gasteiger partial charge on any atom is 0.193 e. The zero-order chi connectivity index (χ0) is 19.2. The van der Waals surface area contributed by atoms with Crippen LogP contribution in [0.25, 0.3) is 5.69 Å². The molecule has 1 N–H and O–H groups in total. The van der Waals surface area contributed by atoms with Gasteiger partial charge in [-0.2, -0.15) is 5.10 Å². The molecule has 1 aromatic heterocycles. The van der Waals surface area contributed by atoms with Crippen molar-refractivity contribution in [3.05, 3.63) is 84.2 Å². The average Bonchev–Trinajstić information content (AvgIpc) is 3.45. The monoisotopic (exact) mass is 373 g/mol. The molecule has 1 unspecified atom stereocenters. The van der Waals surface area contributed by atoms with Crippen molar-refractivity contribution in [3.63, 3.8) is 0 Å². The highest BCUT2D eigenvalue weighted by Crippen LogP contribution is 2.26. The molecule has 144 valence electrons. The van der Waals surface area contributed by atoms with Crippen LogP contribution >= 0.6 is 0 Å². The Bertz CT molecular complexity index is 885. The molecule has 0 radical (unpaired) electrons. The van der Waals surface area contributed by atoms with E-state index in [0.717, 1.165) is 37.7 Å². The summed E-state index contributed by atoms with van der Waals surface area (Å²) in [5.74, 6) is 1.60. The third-order valence-corrected chi connectivity index (χ3v) is 5.37. The van der Waals surface area contributed by atoms with Gasteiger partial charge in [0.1, 0.15) is 0 Å². The molecule has 2 heterocycles. The van der Waals surface area contributed by atoms with E-state index in [9.17, 15) is 0 Å². The first kappa shape index (κ1) is 18.3. The molecular formula is C23H27N5. The first-order chi connectivity index (χ1) is 13.8. The summed E-state index contributed by atoms with van der Waals surface area (Å²) in [4.78, 5) is 6.87. The third kappa shape index (κ3) is 4.25. The summed E-state index contributed by atoms with van der Waals surface area (Å²) in [6, 6.07) is 21.3. The highest BCUT2D eigenvalue weighted by atomic mass is 15.3. The van der Waals surface area contributed by atoms with E-state index >= 15 is 0 Å². The Hall–Kier alpha value is -3.08. The SMILES string of the molecule is CN=C(NCCc1ccc(-n2cccn2)cc1)N1CCC(c2ccccc2)C1. The van der Waals surface area contributed by atoms with Gasteiger partial charge in [-0.05, 0) is 42.2 Å². The van der Waals surface area contributed by atoms with Crippen molar-refractivity contribution >= 4 is 5.96 Å². The van der Waals surface area contributed by atoms with E-state index in [1.807, 2.05) is 24.0 Å². The van der Waals surface area contributed by atoms with Crippen LogP contribution in [0.2, 0.25) is 0 Å². The van der Waals surface area contributed by atoms with Crippen molar-refractivity contribution in [2.24, 2.45) is 4.99 Å². The van der Waals surface area contributed by atoms with E-state index in [1.165, 1.54) is 17.5 Å². The number of aromatic nitrogens is 2. The molecule has 0 aliphatic carbocycles. The van der Waals surface area contributed by atoms with Crippen LogP contribution < -0.4 is 5.32 Å². The number of likely N-dealkylation sites (tertiary alicyclic amines) is 1. The summed E-state index contributed by atoms with van der Waals surface area (Å²) < 4.78 is 1.88.